The molecular formula is C10H17N3OS. The Morgan fingerprint density at radius 2 is 2.27 bits per heavy atom. The van der Waals surface area contributed by atoms with Gasteiger partial charge >= 0.3 is 0 Å². The molecule has 0 fully saturated rings. The van der Waals surface area contributed by atoms with Crippen molar-refractivity contribution in [2.24, 2.45) is 0 Å². The summed E-state index contributed by atoms with van der Waals surface area (Å²) < 4.78 is 5.06. The van der Waals surface area contributed by atoms with Gasteiger partial charge in [0.2, 0.25) is 0 Å². The first kappa shape index (κ1) is 12.3. The zero-order chi connectivity index (χ0) is 11.1. The minimum absolute atomic E-state index is 0.529. The molecule has 0 amide bonds. The van der Waals surface area contributed by atoms with Crippen molar-refractivity contribution in [1.82, 2.24) is 9.97 Å². The highest BCUT2D eigenvalue weighted by Gasteiger charge is 2.03. The predicted octanol–water partition coefficient (Wildman–Crippen LogP) is 1.92. The fraction of sp³-hybridized carbons (Fsp3) is 0.600. The van der Waals surface area contributed by atoms with Crippen LogP contribution in [0.25, 0.3) is 0 Å². The van der Waals surface area contributed by atoms with Crippen molar-refractivity contribution in [2.75, 3.05) is 25.2 Å². The van der Waals surface area contributed by atoms with Gasteiger partial charge in [-0.05, 0) is 5.75 Å². The Hall–Kier alpha value is -0.810. The van der Waals surface area contributed by atoms with E-state index in [1.54, 1.807) is 7.11 Å². The number of hydrogen-bond acceptors (Lipinski definition) is 5. The average molecular weight is 227 g/mol. The highest BCUT2D eigenvalue weighted by Crippen LogP contribution is 2.12. The molecule has 0 atom stereocenters. The van der Waals surface area contributed by atoms with E-state index in [0.717, 1.165) is 28.8 Å². The summed E-state index contributed by atoms with van der Waals surface area (Å²) in [6.45, 7) is 2.66. The van der Waals surface area contributed by atoms with Crippen LogP contribution in [0.5, 0.6) is 0 Å². The maximum atomic E-state index is 5.06. The van der Waals surface area contributed by atoms with Crippen molar-refractivity contribution in [3.05, 3.63) is 17.6 Å². The molecule has 0 aliphatic heterocycles. The van der Waals surface area contributed by atoms with Gasteiger partial charge < -0.3 is 10.1 Å². The van der Waals surface area contributed by atoms with Gasteiger partial charge in [-0.15, -0.1) is 0 Å². The second kappa shape index (κ2) is 6.63. The summed E-state index contributed by atoms with van der Waals surface area (Å²) in [5, 5.41) is 3.03. The molecule has 0 saturated carbocycles. The fourth-order valence-corrected chi connectivity index (χ4v) is 1.68. The van der Waals surface area contributed by atoms with Crippen molar-refractivity contribution >= 4 is 17.6 Å². The third kappa shape index (κ3) is 4.05. The number of nitrogens with zero attached hydrogens (tertiary/aromatic N) is 2. The second-order valence-electron chi connectivity index (χ2n) is 2.98. The van der Waals surface area contributed by atoms with Crippen molar-refractivity contribution in [3.63, 3.8) is 0 Å². The van der Waals surface area contributed by atoms with E-state index in [1.807, 2.05) is 24.9 Å². The minimum Gasteiger partial charge on any atom is -0.378 e. The maximum absolute atomic E-state index is 5.06. The smallest absolute Gasteiger partial charge is 0.140 e. The minimum atomic E-state index is 0.529. The van der Waals surface area contributed by atoms with Crippen LogP contribution >= 0.6 is 11.8 Å². The largest absolute Gasteiger partial charge is 0.378 e. The van der Waals surface area contributed by atoms with E-state index in [0.29, 0.717) is 6.61 Å². The zero-order valence-electron chi connectivity index (χ0n) is 9.41. The Labute approximate surface area is 94.8 Å². The molecule has 0 bridgehead atoms. The lowest BCUT2D eigenvalue weighted by Crippen LogP contribution is -2.03. The Bertz CT molecular complexity index is 307. The number of rotatable bonds is 6. The van der Waals surface area contributed by atoms with E-state index in [2.05, 4.69) is 22.2 Å². The molecule has 0 aromatic carbocycles. The monoisotopic (exact) mass is 227 g/mol. The van der Waals surface area contributed by atoms with Gasteiger partial charge in [0.05, 0.1) is 18.1 Å². The van der Waals surface area contributed by atoms with Crippen molar-refractivity contribution < 1.29 is 4.74 Å². The van der Waals surface area contributed by atoms with E-state index >= 15 is 0 Å². The van der Waals surface area contributed by atoms with Crippen LogP contribution in [-0.4, -0.2) is 29.9 Å². The van der Waals surface area contributed by atoms with E-state index < -0.39 is 0 Å². The van der Waals surface area contributed by atoms with Crippen LogP contribution in [0, 0.1) is 0 Å². The molecule has 1 aromatic heterocycles. The molecule has 0 unspecified atom stereocenters. The Morgan fingerprint density at radius 1 is 1.47 bits per heavy atom. The molecule has 15 heavy (non-hydrogen) atoms. The summed E-state index contributed by atoms with van der Waals surface area (Å²) in [4.78, 5) is 8.78. The van der Waals surface area contributed by atoms with Crippen LogP contribution in [0.2, 0.25) is 0 Å². The van der Waals surface area contributed by atoms with Gasteiger partial charge in [-0.3, -0.25) is 0 Å². The van der Waals surface area contributed by atoms with Crippen LogP contribution in [0.15, 0.2) is 6.07 Å². The molecular weight excluding hydrogens is 210 g/mol. The number of nitrogens with one attached hydrogen (secondary N) is 1. The summed E-state index contributed by atoms with van der Waals surface area (Å²) in [6, 6.07) is 1.91. The van der Waals surface area contributed by atoms with E-state index in [4.69, 9.17) is 4.74 Å². The molecule has 1 heterocycles. The molecule has 0 spiro atoms. The summed E-state index contributed by atoms with van der Waals surface area (Å²) in [7, 11) is 3.53. The zero-order valence-corrected chi connectivity index (χ0v) is 10.2. The topological polar surface area (TPSA) is 47.0 Å². The SMILES string of the molecule is CCSCc1nc(COC)cc(NC)n1. The molecule has 4 nitrogen and oxygen atoms in total. The Balaban J connectivity index is 2.79. The lowest BCUT2D eigenvalue weighted by Gasteiger charge is -2.06. The van der Waals surface area contributed by atoms with Crippen molar-refractivity contribution in [3.8, 4) is 0 Å². The molecule has 0 radical (unpaired) electrons. The highest BCUT2D eigenvalue weighted by molar-refractivity contribution is 7.98. The van der Waals surface area contributed by atoms with Gasteiger partial charge in [0.25, 0.3) is 0 Å². The number of thioether (sulfide) groups is 1. The fourth-order valence-electron chi connectivity index (χ4n) is 1.16. The number of ether oxygens (including phenoxy) is 1. The van der Waals surface area contributed by atoms with Gasteiger partial charge in [0, 0.05) is 20.2 Å². The van der Waals surface area contributed by atoms with Gasteiger partial charge in [0.1, 0.15) is 11.6 Å². The number of aromatic nitrogens is 2. The average Bonchev–Trinajstić information content (AvgIpc) is 2.26. The van der Waals surface area contributed by atoms with Gasteiger partial charge in [-0.1, -0.05) is 6.92 Å². The molecule has 1 aromatic rings. The van der Waals surface area contributed by atoms with Gasteiger partial charge in [-0.2, -0.15) is 11.8 Å². The molecule has 84 valence electrons. The molecule has 0 aliphatic rings. The van der Waals surface area contributed by atoms with Crippen molar-refractivity contribution in [1.29, 1.82) is 0 Å². The molecule has 0 aliphatic carbocycles. The maximum Gasteiger partial charge on any atom is 0.140 e. The molecule has 1 N–H and O–H groups in total. The van der Waals surface area contributed by atoms with Crippen LogP contribution in [-0.2, 0) is 17.1 Å². The van der Waals surface area contributed by atoms with E-state index in [9.17, 15) is 0 Å². The lowest BCUT2D eigenvalue weighted by atomic mass is 10.4. The highest BCUT2D eigenvalue weighted by atomic mass is 32.2. The summed E-state index contributed by atoms with van der Waals surface area (Å²) >= 11 is 1.81. The Morgan fingerprint density at radius 3 is 2.87 bits per heavy atom. The van der Waals surface area contributed by atoms with Gasteiger partial charge in [-0.25, -0.2) is 9.97 Å². The summed E-state index contributed by atoms with van der Waals surface area (Å²) in [5.74, 6) is 3.64. The van der Waals surface area contributed by atoms with E-state index in [-0.39, 0.29) is 0 Å². The normalized spacial score (nSPS) is 10.3. The third-order valence-electron chi connectivity index (χ3n) is 1.81. The first-order valence-electron chi connectivity index (χ1n) is 4.91. The number of anilines is 1. The lowest BCUT2D eigenvalue weighted by molar-refractivity contribution is 0.181. The van der Waals surface area contributed by atoms with Crippen LogP contribution < -0.4 is 5.32 Å². The quantitative estimate of drug-likeness (QED) is 0.804. The van der Waals surface area contributed by atoms with Crippen LogP contribution in [0.1, 0.15) is 18.4 Å². The number of hydrogen-bond donors (Lipinski definition) is 1. The van der Waals surface area contributed by atoms with Crippen LogP contribution in [0.4, 0.5) is 5.82 Å². The molecule has 0 saturated heterocycles. The summed E-state index contributed by atoms with van der Waals surface area (Å²) in [6.07, 6.45) is 0. The predicted molar refractivity (Wildman–Crippen MR) is 64.1 cm³/mol. The standard InChI is InChI=1S/C10H17N3OS/c1-4-15-7-10-12-8(6-14-3)5-9(11-2)13-10/h5H,4,6-7H2,1-3H3,(H,11,12,13). The number of methoxy groups -OCH3 is 1. The van der Waals surface area contributed by atoms with Gasteiger partial charge in [0.15, 0.2) is 0 Å². The Kier molecular flexibility index (Phi) is 5.42. The first-order chi connectivity index (χ1) is 7.30. The molecule has 5 heteroatoms. The second-order valence-corrected chi connectivity index (χ2v) is 4.26. The van der Waals surface area contributed by atoms with Crippen LogP contribution in [0.3, 0.4) is 0 Å². The van der Waals surface area contributed by atoms with Crippen molar-refractivity contribution in [2.45, 2.75) is 19.3 Å². The van der Waals surface area contributed by atoms with E-state index in [1.165, 1.54) is 0 Å². The summed E-state index contributed by atoms with van der Waals surface area (Å²) in [5.41, 5.74) is 0.920. The third-order valence-corrected chi connectivity index (χ3v) is 2.68. The first-order valence-corrected chi connectivity index (χ1v) is 6.06. The molecule has 1 rings (SSSR count).